The first-order chi connectivity index (χ1) is 12.7. The lowest BCUT2D eigenvalue weighted by Gasteiger charge is -2.21. The van der Waals surface area contributed by atoms with E-state index in [0.29, 0.717) is 12.2 Å². The van der Waals surface area contributed by atoms with E-state index in [4.69, 9.17) is 11.6 Å². The second kappa shape index (κ2) is 7.23. The van der Waals surface area contributed by atoms with Gasteiger partial charge >= 0.3 is 6.18 Å². The van der Waals surface area contributed by atoms with Crippen LogP contribution in [0.4, 0.5) is 18.9 Å². The highest BCUT2D eigenvalue weighted by Crippen LogP contribution is 2.32. The number of carbonyl (C=O) groups is 1. The second-order valence-electron chi connectivity index (χ2n) is 6.19. The van der Waals surface area contributed by atoms with Gasteiger partial charge in [-0.1, -0.05) is 23.7 Å². The fourth-order valence-electron chi connectivity index (χ4n) is 2.90. The predicted molar refractivity (Wildman–Crippen MR) is 98.1 cm³/mol. The summed E-state index contributed by atoms with van der Waals surface area (Å²) in [6, 6.07) is 8.37. The minimum Gasteiger partial charge on any atom is -0.312 e. The summed E-state index contributed by atoms with van der Waals surface area (Å²) in [5, 5.41) is -0.116. The molecule has 0 saturated heterocycles. The van der Waals surface area contributed by atoms with Crippen molar-refractivity contribution in [2.75, 3.05) is 11.4 Å². The molecule has 0 atom stereocenters. The van der Waals surface area contributed by atoms with Gasteiger partial charge in [0.2, 0.25) is 5.91 Å². The molecule has 0 saturated carbocycles. The first kappa shape index (κ1) is 19.2. The van der Waals surface area contributed by atoms with Crippen molar-refractivity contribution in [1.29, 1.82) is 0 Å². The Kier molecular flexibility index (Phi) is 5.15. The molecule has 0 N–H and O–H groups in total. The quantitative estimate of drug-likeness (QED) is 0.629. The number of nitrogens with zero attached hydrogens (tertiary/aromatic N) is 3. The zero-order chi connectivity index (χ0) is 19.8. The molecule has 27 heavy (non-hydrogen) atoms. The number of imidazole rings is 1. The summed E-state index contributed by atoms with van der Waals surface area (Å²) in [5.74, 6) is -0.196. The van der Waals surface area contributed by atoms with Gasteiger partial charge in [0.25, 0.3) is 0 Å². The molecule has 0 radical (unpaired) electrons. The van der Waals surface area contributed by atoms with Crippen molar-refractivity contribution >= 4 is 28.8 Å². The van der Waals surface area contributed by atoms with Crippen LogP contribution in [0.2, 0.25) is 5.02 Å². The van der Waals surface area contributed by atoms with Gasteiger partial charge < -0.3 is 9.30 Å². The number of halogens is 4. The maximum atomic E-state index is 12.9. The van der Waals surface area contributed by atoms with E-state index >= 15 is 0 Å². The molecule has 0 unspecified atom stereocenters. The van der Waals surface area contributed by atoms with Crippen molar-refractivity contribution in [2.24, 2.45) is 0 Å². The van der Waals surface area contributed by atoms with Gasteiger partial charge in [0, 0.05) is 24.6 Å². The molecule has 142 valence electrons. The first-order valence-electron chi connectivity index (χ1n) is 8.30. The number of hydrogen-bond donors (Lipinski definition) is 0. The molecule has 0 fully saturated rings. The fourth-order valence-corrected chi connectivity index (χ4v) is 3.15. The maximum absolute atomic E-state index is 12.9. The summed E-state index contributed by atoms with van der Waals surface area (Å²) in [4.78, 5) is 18.5. The van der Waals surface area contributed by atoms with Crippen LogP contribution in [-0.4, -0.2) is 21.8 Å². The Morgan fingerprint density at radius 3 is 2.63 bits per heavy atom. The zero-order valence-electron chi connectivity index (χ0n) is 14.7. The van der Waals surface area contributed by atoms with Gasteiger partial charge in [-0.05, 0) is 37.6 Å². The number of aromatic nitrogens is 2. The van der Waals surface area contributed by atoms with Gasteiger partial charge in [-0.25, -0.2) is 4.98 Å². The Labute approximate surface area is 159 Å². The minimum absolute atomic E-state index is 0.0405. The Bertz CT molecular complexity index is 998. The molecule has 2 aromatic heterocycles. The zero-order valence-corrected chi connectivity index (χ0v) is 15.5. The van der Waals surface area contributed by atoms with E-state index in [2.05, 4.69) is 4.98 Å². The van der Waals surface area contributed by atoms with Crippen LogP contribution in [-0.2, 0) is 17.4 Å². The number of fused-ring (bicyclic) bond motifs is 1. The molecule has 4 nitrogen and oxygen atoms in total. The van der Waals surface area contributed by atoms with E-state index in [9.17, 15) is 18.0 Å². The molecule has 0 aliphatic rings. The lowest BCUT2D eigenvalue weighted by Crippen LogP contribution is -2.32. The summed E-state index contributed by atoms with van der Waals surface area (Å²) in [7, 11) is 0. The van der Waals surface area contributed by atoms with E-state index in [1.54, 1.807) is 4.90 Å². The van der Waals surface area contributed by atoms with Crippen molar-refractivity contribution in [2.45, 2.75) is 26.4 Å². The van der Waals surface area contributed by atoms with Gasteiger partial charge in [-0.15, -0.1) is 0 Å². The van der Waals surface area contributed by atoms with Crippen LogP contribution in [0, 0.1) is 6.92 Å². The first-order valence-corrected chi connectivity index (χ1v) is 8.68. The lowest BCUT2D eigenvalue weighted by atomic mass is 10.2. The number of pyridine rings is 1. The summed E-state index contributed by atoms with van der Waals surface area (Å²) < 4.78 is 40.0. The summed E-state index contributed by atoms with van der Waals surface area (Å²) in [6.07, 6.45) is -2.23. The molecule has 0 bridgehead atoms. The molecule has 3 aromatic rings. The highest BCUT2D eigenvalue weighted by molar-refractivity contribution is 6.33. The van der Waals surface area contributed by atoms with E-state index in [1.165, 1.54) is 10.6 Å². The smallest absolute Gasteiger partial charge is 0.312 e. The van der Waals surface area contributed by atoms with Gasteiger partial charge in [-0.2, -0.15) is 13.2 Å². The Hall–Kier alpha value is -2.54. The molecule has 1 amide bonds. The van der Waals surface area contributed by atoms with Gasteiger partial charge in [0.15, 0.2) is 5.65 Å². The number of aryl methyl sites for hydroxylation is 1. The number of alkyl halides is 3. The third-order valence-corrected chi connectivity index (χ3v) is 4.42. The standard InChI is InChI=1S/C19H17ClF3N3O/c1-3-26(15-6-4-5-12(2)7-15)17(27)9-14-11-25-10-13(19(21,22)23)8-16(20)18(25)24-14/h4-8,10-11H,3,9H2,1-2H3. The largest absolute Gasteiger partial charge is 0.417 e. The van der Waals surface area contributed by atoms with Crippen molar-refractivity contribution in [3.8, 4) is 0 Å². The summed E-state index contributed by atoms with van der Waals surface area (Å²) in [6.45, 7) is 4.26. The number of amides is 1. The van der Waals surface area contributed by atoms with Crippen molar-refractivity contribution in [3.63, 3.8) is 0 Å². The average Bonchev–Trinajstić information content (AvgIpc) is 2.98. The molecule has 1 aromatic carbocycles. The third-order valence-electron chi connectivity index (χ3n) is 4.15. The maximum Gasteiger partial charge on any atom is 0.417 e. The van der Waals surface area contributed by atoms with E-state index in [1.807, 2.05) is 38.1 Å². The predicted octanol–water partition coefficient (Wildman–Crippen LogP) is 4.91. The lowest BCUT2D eigenvalue weighted by molar-refractivity contribution is -0.137. The SMILES string of the molecule is CCN(C(=O)Cc1cn2cc(C(F)(F)F)cc(Cl)c2n1)c1cccc(C)c1. The number of likely N-dealkylation sites (N-methyl/N-ethyl adjacent to an activating group) is 1. The van der Waals surface area contributed by atoms with Crippen LogP contribution in [0.1, 0.15) is 23.7 Å². The number of hydrogen-bond acceptors (Lipinski definition) is 2. The number of rotatable bonds is 4. The van der Waals surface area contributed by atoms with Crippen LogP contribution in [0.5, 0.6) is 0 Å². The van der Waals surface area contributed by atoms with Crippen LogP contribution >= 0.6 is 11.6 Å². The molecule has 3 rings (SSSR count). The molecule has 8 heteroatoms. The molecule has 2 heterocycles. The fraction of sp³-hybridized carbons (Fsp3) is 0.263. The van der Waals surface area contributed by atoms with Gasteiger partial charge in [-0.3, -0.25) is 4.79 Å². The summed E-state index contributed by atoms with van der Waals surface area (Å²) >= 11 is 5.94. The molecule has 0 aliphatic carbocycles. The van der Waals surface area contributed by atoms with Crippen LogP contribution in [0.25, 0.3) is 5.65 Å². The van der Waals surface area contributed by atoms with Crippen LogP contribution < -0.4 is 4.90 Å². The number of anilines is 1. The highest BCUT2D eigenvalue weighted by Gasteiger charge is 2.32. The topological polar surface area (TPSA) is 37.6 Å². The normalized spacial score (nSPS) is 11.8. The summed E-state index contributed by atoms with van der Waals surface area (Å²) in [5.41, 5.74) is 1.46. The Balaban J connectivity index is 1.89. The molecular formula is C19H17ClF3N3O. The third kappa shape index (κ3) is 4.08. The van der Waals surface area contributed by atoms with Crippen LogP contribution in [0.3, 0.4) is 0 Å². The van der Waals surface area contributed by atoms with Crippen molar-refractivity contribution < 1.29 is 18.0 Å². The monoisotopic (exact) mass is 395 g/mol. The van der Waals surface area contributed by atoms with Crippen molar-refractivity contribution in [3.05, 3.63) is 64.6 Å². The molecule has 0 spiro atoms. The van der Waals surface area contributed by atoms with Crippen LogP contribution in [0.15, 0.2) is 42.7 Å². The van der Waals surface area contributed by atoms with Gasteiger partial charge in [0.05, 0.1) is 22.7 Å². The Morgan fingerprint density at radius 2 is 2.00 bits per heavy atom. The van der Waals surface area contributed by atoms with E-state index in [0.717, 1.165) is 23.5 Å². The average molecular weight is 396 g/mol. The van der Waals surface area contributed by atoms with E-state index < -0.39 is 11.7 Å². The second-order valence-corrected chi connectivity index (χ2v) is 6.60. The number of carbonyl (C=O) groups excluding carboxylic acids is 1. The highest BCUT2D eigenvalue weighted by atomic mass is 35.5. The molecule has 0 aliphatic heterocycles. The van der Waals surface area contributed by atoms with Gasteiger partial charge in [0.1, 0.15) is 0 Å². The number of benzene rings is 1. The van der Waals surface area contributed by atoms with Crippen molar-refractivity contribution in [1.82, 2.24) is 9.38 Å². The Morgan fingerprint density at radius 1 is 1.26 bits per heavy atom. The minimum atomic E-state index is -4.51. The molecular weight excluding hydrogens is 379 g/mol. The van der Waals surface area contributed by atoms with E-state index in [-0.39, 0.29) is 23.0 Å².